The largest absolute Gasteiger partial charge is 2.00 e. The van der Waals surface area contributed by atoms with E-state index in [4.69, 9.17) is 14.0 Å². The molecule has 3 nitrogen and oxygen atoms in total. The van der Waals surface area contributed by atoms with Crippen LogP contribution in [0.15, 0.2) is 0 Å². The van der Waals surface area contributed by atoms with Gasteiger partial charge in [0.25, 0.3) is 0 Å². The fourth-order valence-corrected chi connectivity index (χ4v) is 3.54. The zero-order valence-corrected chi connectivity index (χ0v) is 24.4. The Morgan fingerprint density at radius 2 is 0.276 bits per heavy atom. The van der Waals surface area contributed by atoms with Crippen LogP contribution in [0.25, 0.3) is 0 Å². The van der Waals surface area contributed by atoms with Crippen molar-refractivity contribution in [3.63, 3.8) is 0 Å². The predicted octanol–water partition coefficient (Wildman–Crippen LogP) is 7.68. The molecule has 4 saturated carbocycles. The SMILES string of the molecule is C1CCCC1.C1CCCC1.C1CCCC1.C1CCCC1.[C-]#[O+].[C-]#[O+].[C-]#[O+].[Ru+].[Ru+].[W+2]. The number of rotatable bonds is 0. The van der Waals surface area contributed by atoms with Crippen LogP contribution >= 0.6 is 0 Å². The van der Waals surface area contributed by atoms with Gasteiger partial charge in [-0.05, 0) is 0 Å². The Labute approximate surface area is 221 Å². The van der Waals surface area contributed by atoms with Gasteiger partial charge in [-0.3, -0.25) is 0 Å². The molecule has 6 heteroatoms. The van der Waals surface area contributed by atoms with Crippen molar-refractivity contribution in [1.29, 1.82) is 0 Å². The average Bonchev–Trinajstić information content (AvgIpc) is 3.60. The first-order valence-electron chi connectivity index (χ1n) is 10.6. The molecule has 0 amide bonds. The second-order valence-corrected chi connectivity index (χ2v) is 7.07. The Bertz CT molecular complexity index is 197. The van der Waals surface area contributed by atoms with Crippen molar-refractivity contribution in [2.24, 2.45) is 0 Å². The van der Waals surface area contributed by atoms with Gasteiger partial charge in [-0.25, -0.2) is 0 Å². The Morgan fingerprint density at radius 3 is 0.310 bits per heavy atom. The van der Waals surface area contributed by atoms with Gasteiger partial charge in [-0.2, -0.15) is 0 Å². The minimum Gasteiger partial charge on any atom is 1.00 e. The van der Waals surface area contributed by atoms with Crippen molar-refractivity contribution in [3.8, 4) is 0 Å². The van der Waals surface area contributed by atoms with Crippen molar-refractivity contribution in [1.82, 2.24) is 0 Å². The third-order valence-corrected chi connectivity index (χ3v) is 5.00. The molecule has 0 aromatic heterocycles. The number of hydrogen-bond acceptors (Lipinski definition) is 0. The maximum Gasteiger partial charge on any atom is 2.00 e. The Morgan fingerprint density at radius 1 is 0.241 bits per heavy atom. The molecule has 4 rings (SSSR count). The van der Waals surface area contributed by atoms with Crippen LogP contribution in [0.1, 0.15) is 128 Å². The van der Waals surface area contributed by atoms with Crippen LogP contribution in [-0.4, -0.2) is 0 Å². The molecule has 0 N–H and O–H groups in total. The van der Waals surface area contributed by atoms with Gasteiger partial charge in [-0.15, -0.1) is 0 Å². The topological polar surface area (TPSA) is 59.7 Å². The maximum atomic E-state index is 7.50. The van der Waals surface area contributed by atoms with Crippen LogP contribution in [0.3, 0.4) is 0 Å². The van der Waals surface area contributed by atoms with E-state index in [2.05, 4.69) is 20.0 Å². The molecule has 0 aromatic rings. The predicted molar refractivity (Wildman–Crippen MR) is 104 cm³/mol. The normalized spacial score (nSPS) is 16.8. The summed E-state index contributed by atoms with van der Waals surface area (Å²) in [6.07, 6.45) is 30.0. The third-order valence-electron chi connectivity index (χ3n) is 5.00. The molecule has 0 heterocycles. The van der Waals surface area contributed by atoms with Crippen molar-refractivity contribution < 1.29 is 74.0 Å². The summed E-state index contributed by atoms with van der Waals surface area (Å²) < 4.78 is 22.5. The number of hydrogen-bond donors (Lipinski definition) is 0. The summed E-state index contributed by atoms with van der Waals surface area (Å²) >= 11 is 0. The molecule has 0 aliphatic heterocycles. The first-order valence-corrected chi connectivity index (χ1v) is 10.6. The molecule has 168 valence electrons. The molecule has 2 radical (unpaired) electrons. The van der Waals surface area contributed by atoms with E-state index in [9.17, 15) is 0 Å². The van der Waals surface area contributed by atoms with Gasteiger partial charge in [-0.1, -0.05) is 128 Å². The van der Waals surface area contributed by atoms with Gasteiger partial charge >= 0.3 is 93.9 Å². The van der Waals surface area contributed by atoms with Gasteiger partial charge < -0.3 is 0 Å². The van der Waals surface area contributed by atoms with Crippen molar-refractivity contribution in [2.45, 2.75) is 128 Å². The van der Waals surface area contributed by atoms with Crippen LogP contribution in [-0.2, 0) is 74.0 Å². The fourth-order valence-electron chi connectivity index (χ4n) is 3.54. The maximum absolute atomic E-state index is 7.50. The molecule has 0 aromatic carbocycles. The van der Waals surface area contributed by atoms with Crippen molar-refractivity contribution in [2.75, 3.05) is 0 Å². The van der Waals surface area contributed by atoms with Crippen LogP contribution < -0.4 is 0 Å². The van der Waals surface area contributed by atoms with E-state index in [1.807, 2.05) is 0 Å². The average molecular weight is 751 g/mol. The molecule has 4 aliphatic carbocycles. The molecule has 0 atom stereocenters. The van der Waals surface area contributed by atoms with Crippen LogP contribution in [0.4, 0.5) is 0 Å². The Balaban J connectivity index is -0.0000000543. The summed E-state index contributed by atoms with van der Waals surface area (Å²) in [6.45, 7) is 13.5. The zero-order valence-electron chi connectivity index (χ0n) is 18.0. The van der Waals surface area contributed by atoms with Crippen LogP contribution in [0.5, 0.6) is 0 Å². The molecule has 0 saturated heterocycles. The molecule has 4 aliphatic rings. The Hall–Kier alpha value is 1.16. The van der Waals surface area contributed by atoms with E-state index < -0.39 is 0 Å². The van der Waals surface area contributed by atoms with E-state index in [1.165, 1.54) is 128 Å². The van der Waals surface area contributed by atoms with E-state index in [-0.39, 0.29) is 60.0 Å². The fraction of sp³-hybridized carbons (Fsp3) is 0.870. The molecule has 0 bridgehead atoms. The van der Waals surface area contributed by atoms with E-state index in [1.54, 1.807) is 0 Å². The van der Waals surface area contributed by atoms with E-state index in [0.29, 0.717) is 0 Å². The molecular formula is C23H40O3Ru2W+4. The summed E-state index contributed by atoms with van der Waals surface area (Å²) in [4.78, 5) is 0. The molecule has 0 spiro atoms. The molecular weight excluding hydrogens is 710 g/mol. The van der Waals surface area contributed by atoms with E-state index >= 15 is 0 Å². The summed E-state index contributed by atoms with van der Waals surface area (Å²) in [5.41, 5.74) is 0. The minimum atomic E-state index is 0. The van der Waals surface area contributed by atoms with Gasteiger partial charge in [0, 0.05) is 0 Å². The van der Waals surface area contributed by atoms with Crippen LogP contribution in [0, 0.1) is 20.0 Å². The standard InChI is InChI=1S/4C5H10.3CO.2Ru.W/c4*1-2-4-5-3-1;3*1-2;;;/h4*1-5H2;;;;;;/q;;;;;;;2*+1;+2. The van der Waals surface area contributed by atoms with Gasteiger partial charge in [0.1, 0.15) is 0 Å². The van der Waals surface area contributed by atoms with Crippen molar-refractivity contribution >= 4 is 0 Å². The first kappa shape index (κ1) is 43.9. The molecule has 0 unspecified atom stereocenters. The van der Waals surface area contributed by atoms with Gasteiger partial charge in [0.05, 0.1) is 0 Å². The second kappa shape index (κ2) is 51.6. The Kier molecular flexibility index (Phi) is 78.2. The second-order valence-electron chi connectivity index (χ2n) is 7.07. The van der Waals surface area contributed by atoms with Gasteiger partial charge in [0.15, 0.2) is 0 Å². The summed E-state index contributed by atoms with van der Waals surface area (Å²) in [5, 5.41) is 0. The monoisotopic (exact) mass is 752 g/mol. The molecule has 4 fully saturated rings. The van der Waals surface area contributed by atoms with E-state index in [0.717, 1.165) is 0 Å². The first-order chi connectivity index (χ1) is 13.0. The molecule has 29 heavy (non-hydrogen) atoms. The van der Waals surface area contributed by atoms with Crippen molar-refractivity contribution in [3.05, 3.63) is 20.0 Å². The third kappa shape index (κ3) is 48.0. The minimum absolute atomic E-state index is 0. The quantitative estimate of drug-likeness (QED) is 0.139. The summed E-state index contributed by atoms with van der Waals surface area (Å²) in [6, 6.07) is 0. The summed E-state index contributed by atoms with van der Waals surface area (Å²) in [7, 11) is 0. The zero-order chi connectivity index (χ0) is 20.1. The summed E-state index contributed by atoms with van der Waals surface area (Å²) in [5.74, 6) is 0. The smallest absolute Gasteiger partial charge is 1.00 e. The van der Waals surface area contributed by atoms with Gasteiger partial charge in [0.2, 0.25) is 0 Å². The van der Waals surface area contributed by atoms with Crippen LogP contribution in [0.2, 0.25) is 0 Å².